The SMILES string of the molecule is [B]C1=CNCc2cc(=NCC3CCCN(S(=O)(=O)c4ccc(Br)cc4)C3)cc(-c3ccccc3C)nc21. The lowest BCUT2D eigenvalue weighted by molar-refractivity contribution is 0.271. The molecule has 1 fully saturated rings. The van der Waals surface area contributed by atoms with Crippen molar-refractivity contribution in [1.82, 2.24) is 14.6 Å². The van der Waals surface area contributed by atoms with Crippen LogP contribution in [0.3, 0.4) is 0 Å². The third-order valence-electron chi connectivity index (χ3n) is 6.85. The molecule has 0 saturated carbocycles. The second kappa shape index (κ2) is 10.9. The molecule has 2 radical (unpaired) electrons. The van der Waals surface area contributed by atoms with E-state index in [1.807, 2.05) is 24.3 Å². The molecule has 5 rings (SSSR count). The zero-order chi connectivity index (χ0) is 26.0. The van der Waals surface area contributed by atoms with Gasteiger partial charge in [0.05, 0.1) is 21.6 Å². The predicted octanol–water partition coefficient (Wildman–Crippen LogP) is 4.39. The Morgan fingerprint density at radius 3 is 2.73 bits per heavy atom. The monoisotopic (exact) mass is 574 g/mol. The Kier molecular flexibility index (Phi) is 7.65. The van der Waals surface area contributed by atoms with Crippen molar-refractivity contribution in [3.8, 4) is 11.3 Å². The molecule has 3 aromatic rings. The topological polar surface area (TPSA) is 74.7 Å². The van der Waals surface area contributed by atoms with E-state index >= 15 is 0 Å². The van der Waals surface area contributed by atoms with Crippen LogP contribution in [0.25, 0.3) is 16.7 Å². The summed E-state index contributed by atoms with van der Waals surface area (Å²) in [6.07, 6.45) is 3.54. The van der Waals surface area contributed by atoms with E-state index in [1.54, 1.807) is 34.8 Å². The summed E-state index contributed by atoms with van der Waals surface area (Å²) in [7, 11) is 2.74. The van der Waals surface area contributed by atoms with Gasteiger partial charge in [0, 0.05) is 36.2 Å². The average molecular weight is 575 g/mol. The number of hydrogen-bond acceptors (Lipinski definition) is 5. The van der Waals surface area contributed by atoms with Crippen LogP contribution in [0.4, 0.5) is 0 Å². The second-order valence-electron chi connectivity index (χ2n) is 9.55. The first-order chi connectivity index (χ1) is 17.8. The first kappa shape index (κ1) is 25.9. The van der Waals surface area contributed by atoms with Gasteiger partial charge >= 0.3 is 0 Å². The van der Waals surface area contributed by atoms with Gasteiger partial charge in [-0.2, -0.15) is 4.31 Å². The van der Waals surface area contributed by atoms with Crippen molar-refractivity contribution in [2.45, 2.75) is 31.2 Å². The lowest BCUT2D eigenvalue weighted by Crippen LogP contribution is -2.40. The number of piperidine rings is 1. The molecular weight excluding hydrogens is 547 g/mol. The van der Waals surface area contributed by atoms with E-state index in [2.05, 4.69) is 40.3 Å². The van der Waals surface area contributed by atoms with E-state index in [0.29, 0.717) is 36.5 Å². The number of hydrogen-bond donors (Lipinski definition) is 1. The quantitative estimate of drug-likeness (QED) is 0.459. The first-order valence-electron chi connectivity index (χ1n) is 12.4. The molecule has 2 aliphatic rings. The van der Waals surface area contributed by atoms with Crippen molar-refractivity contribution in [2.75, 3.05) is 19.6 Å². The molecule has 188 valence electrons. The fraction of sp³-hybridized carbons (Fsp3) is 0.286. The fourth-order valence-electron chi connectivity index (χ4n) is 4.85. The molecule has 1 unspecified atom stereocenters. The minimum Gasteiger partial charge on any atom is -0.387 e. The third kappa shape index (κ3) is 5.74. The van der Waals surface area contributed by atoms with Crippen molar-refractivity contribution >= 4 is 39.3 Å². The van der Waals surface area contributed by atoms with Crippen LogP contribution < -0.4 is 10.7 Å². The highest BCUT2D eigenvalue weighted by Crippen LogP contribution is 2.26. The predicted molar refractivity (Wildman–Crippen MR) is 151 cm³/mol. The van der Waals surface area contributed by atoms with E-state index in [4.69, 9.17) is 17.8 Å². The van der Waals surface area contributed by atoms with Gasteiger partial charge in [-0.25, -0.2) is 13.4 Å². The highest BCUT2D eigenvalue weighted by molar-refractivity contribution is 9.10. The van der Waals surface area contributed by atoms with Gasteiger partial charge in [0.15, 0.2) is 0 Å². The summed E-state index contributed by atoms with van der Waals surface area (Å²) in [5.74, 6) is 0.137. The van der Waals surface area contributed by atoms with Crippen LogP contribution in [0.1, 0.15) is 29.7 Å². The maximum absolute atomic E-state index is 13.2. The van der Waals surface area contributed by atoms with E-state index in [0.717, 1.165) is 50.7 Å². The summed E-state index contributed by atoms with van der Waals surface area (Å²) in [6, 6.07) is 19.0. The number of sulfonamides is 1. The van der Waals surface area contributed by atoms with Crippen LogP contribution in [-0.4, -0.2) is 45.2 Å². The van der Waals surface area contributed by atoms with Gasteiger partial charge in [0.25, 0.3) is 0 Å². The van der Waals surface area contributed by atoms with Crippen LogP contribution in [0, 0.1) is 12.8 Å². The van der Waals surface area contributed by atoms with Gasteiger partial charge < -0.3 is 5.32 Å². The Labute approximate surface area is 228 Å². The molecule has 1 saturated heterocycles. The number of nitrogens with one attached hydrogen (secondary N) is 1. The van der Waals surface area contributed by atoms with Crippen molar-refractivity contribution in [3.63, 3.8) is 0 Å². The van der Waals surface area contributed by atoms with E-state index in [1.165, 1.54) is 0 Å². The van der Waals surface area contributed by atoms with Crippen molar-refractivity contribution in [1.29, 1.82) is 0 Å². The maximum atomic E-state index is 13.2. The number of fused-ring (bicyclic) bond motifs is 1. The van der Waals surface area contributed by atoms with Crippen LogP contribution >= 0.6 is 15.9 Å². The second-order valence-corrected chi connectivity index (χ2v) is 12.4. The zero-order valence-corrected chi connectivity index (χ0v) is 23.1. The Bertz CT molecular complexity index is 1520. The molecule has 3 heterocycles. The van der Waals surface area contributed by atoms with Gasteiger partial charge in [0.2, 0.25) is 10.0 Å². The molecule has 2 aromatic carbocycles. The fourth-order valence-corrected chi connectivity index (χ4v) is 6.67. The summed E-state index contributed by atoms with van der Waals surface area (Å²) in [5.41, 5.74) is 5.33. The summed E-state index contributed by atoms with van der Waals surface area (Å²) < 4.78 is 28.9. The molecular formula is C28H28BBrN4O2S. The maximum Gasteiger partial charge on any atom is 0.243 e. The van der Waals surface area contributed by atoms with E-state index < -0.39 is 10.0 Å². The van der Waals surface area contributed by atoms with Gasteiger partial charge in [-0.3, -0.25) is 4.99 Å². The van der Waals surface area contributed by atoms with Crippen molar-refractivity contribution < 1.29 is 8.42 Å². The normalized spacial score (nSPS) is 18.6. The summed E-state index contributed by atoms with van der Waals surface area (Å²) >= 11 is 3.37. The summed E-state index contributed by atoms with van der Waals surface area (Å²) in [4.78, 5) is 10.2. The number of halogens is 1. The van der Waals surface area contributed by atoms with Crippen LogP contribution in [0.2, 0.25) is 0 Å². The summed E-state index contributed by atoms with van der Waals surface area (Å²) in [6.45, 7) is 4.21. The molecule has 1 aromatic heterocycles. The molecule has 9 heteroatoms. The Balaban J connectivity index is 1.45. The van der Waals surface area contributed by atoms with Crippen molar-refractivity contribution in [2.24, 2.45) is 10.9 Å². The molecule has 1 atom stereocenters. The molecule has 0 bridgehead atoms. The minimum atomic E-state index is -3.54. The molecule has 0 spiro atoms. The first-order valence-corrected chi connectivity index (χ1v) is 14.6. The van der Waals surface area contributed by atoms with Crippen LogP contribution in [-0.2, 0) is 16.6 Å². The molecule has 37 heavy (non-hydrogen) atoms. The van der Waals surface area contributed by atoms with Crippen molar-refractivity contribution in [3.05, 3.63) is 93.5 Å². The summed E-state index contributed by atoms with van der Waals surface area (Å²) in [5, 5.41) is 4.02. The molecule has 2 aliphatic heterocycles. The number of rotatable bonds is 5. The third-order valence-corrected chi connectivity index (χ3v) is 9.26. The number of aromatic nitrogens is 1. The Morgan fingerprint density at radius 2 is 1.95 bits per heavy atom. The highest BCUT2D eigenvalue weighted by Gasteiger charge is 2.30. The van der Waals surface area contributed by atoms with Crippen LogP contribution in [0.5, 0.6) is 0 Å². The largest absolute Gasteiger partial charge is 0.387 e. The smallest absolute Gasteiger partial charge is 0.243 e. The average Bonchev–Trinajstić information content (AvgIpc) is 3.08. The van der Waals surface area contributed by atoms with Gasteiger partial charge in [-0.1, -0.05) is 45.7 Å². The van der Waals surface area contributed by atoms with E-state index in [9.17, 15) is 8.42 Å². The number of aryl methyl sites for hydroxylation is 1. The lowest BCUT2D eigenvalue weighted by atomic mass is 9.89. The molecule has 1 N–H and O–H groups in total. The van der Waals surface area contributed by atoms with Crippen LogP contribution in [0.15, 0.2) is 81.2 Å². The highest BCUT2D eigenvalue weighted by atomic mass is 79.9. The minimum absolute atomic E-state index is 0.137. The molecule has 0 amide bonds. The molecule has 6 nitrogen and oxygen atoms in total. The number of nitrogens with zero attached hydrogens (tertiary/aromatic N) is 3. The van der Waals surface area contributed by atoms with E-state index in [-0.39, 0.29) is 5.92 Å². The van der Waals surface area contributed by atoms with Gasteiger partial charge in [0.1, 0.15) is 7.85 Å². The zero-order valence-electron chi connectivity index (χ0n) is 20.7. The van der Waals surface area contributed by atoms with Gasteiger partial charge in [-0.05, 0) is 79.4 Å². The lowest BCUT2D eigenvalue weighted by Gasteiger charge is -2.31. The molecule has 0 aliphatic carbocycles. The Hall–Kier alpha value is -2.75. The Morgan fingerprint density at radius 1 is 1.16 bits per heavy atom. The van der Waals surface area contributed by atoms with Gasteiger partial charge in [-0.15, -0.1) is 0 Å². The standard InChI is InChI=1S/C28H28BBrN4O2S/c1-19-5-2-3-7-25(19)27-14-23(13-21-16-31-17-26(29)28(21)33-27)32-15-20-6-4-12-34(18-20)37(35,36)24-10-8-22(30)9-11-24/h2-3,5,7-11,13-14,17,20,31H,4,6,12,15-16,18H2,1H3. The number of benzene rings is 2.